The quantitative estimate of drug-likeness (QED) is 0.134. The zero-order chi connectivity index (χ0) is 36.4. The van der Waals surface area contributed by atoms with Crippen molar-refractivity contribution in [2.75, 3.05) is 13.1 Å². The molecule has 7 N–H and O–H groups in total. The van der Waals surface area contributed by atoms with Crippen molar-refractivity contribution in [3.05, 3.63) is 109 Å². The number of hydrogen-bond donors (Lipinski definition) is 6. The number of allylic oxidation sites excluding steroid dienone is 1. The minimum Gasteiger partial charge on any atom is -0.382 e. The Kier molecular flexibility index (Phi) is 16.2. The highest BCUT2D eigenvalue weighted by atomic mass is 19.4. The fourth-order valence-electron chi connectivity index (χ4n) is 4.39. The number of hydrogen-bond acceptors (Lipinski definition) is 6. The third-order valence-electron chi connectivity index (χ3n) is 6.79. The normalized spacial score (nSPS) is 12.5. The highest BCUT2D eigenvalue weighted by molar-refractivity contribution is 5.97. The Balaban J connectivity index is 0.00000267. The fraction of sp³-hybridized carbons (Fsp3) is 0.286. The molecule has 0 bridgehead atoms. The van der Waals surface area contributed by atoms with Crippen molar-refractivity contribution in [1.82, 2.24) is 21.3 Å². The molecule has 0 radical (unpaired) electrons. The predicted octanol–water partition coefficient (Wildman–Crippen LogP) is 2.79. The largest absolute Gasteiger partial charge is 0.416 e. The van der Waals surface area contributed by atoms with E-state index in [2.05, 4.69) is 22.5 Å². The van der Waals surface area contributed by atoms with E-state index in [4.69, 9.17) is 5.73 Å². The van der Waals surface area contributed by atoms with E-state index in [1.54, 1.807) is 60.7 Å². The second kappa shape index (κ2) is 20.0. The molecule has 3 atom stereocenters. The van der Waals surface area contributed by atoms with Gasteiger partial charge in [0.1, 0.15) is 6.04 Å². The first-order valence-corrected chi connectivity index (χ1v) is 15.2. The molecule has 0 aromatic heterocycles. The standard InChI is InChI=1S/C32H34F3N5O6.C3H6/c33-32(34,35)29(44)24(15-16-26(36)41)39-27(42)19-38-31(46)25(17-20-7-3-1-4-8-20)40-28(43)18-37-30(45)23-13-11-22(12-14-23)21-9-5-2-6-10-21;1-3-2/h1-14,24-25,29,44H,15-19H2,(H2,36,41)(H,37,45)(H,38,46)(H,39,42)(H,40,43);3H,1H2,2H3/t24?,25-,29?;/m0./s1. The van der Waals surface area contributed by atoms with Crippen LogP contribution in [0.5, 0.6) is 0 Å². The molecule has 3 rings (SSSR count). The number of carbonyl (C=O) groups excluding carboxylic acids is 5. The first-order chi connectivity index (χ1) is 23.2. The number of nitrogens with two attached hydrogens (primary N) is 1. The maximum Gasteiger partial charge on any atom is 0.416 e. The van der Waals surface area contributed by atoms with Crippen LogP contribution in [-0.2, 0) is 25.6 Å². The lowest BCUT2D eigenvalue weighted by Crippen LogP contribution is -2.54. The van der Waals surface area contributed by atoms with Crippen LogP contribution < -0.4 is 27.0 Å². The van der Waals surface area contributed by atoms with Crippen molar-refractivity contribution in [1.29, 1.82) is 0 Å². The van der Waals surface area contributed by atoms with Gasteiger partial charge in [0.2, 0.25) is 23.6 Å². The molecule has 3 aromatic rings. The molecule has 0 aliphatic rings. The number of amides is 5. The van der Waals surface area contributed by atoms with Crippen LogP contribution in [0, 0.1) is 0 Å². The van der Waals surface area contributed by atoms with Crippen LogP contribution in [0.1, 0.15) is 35.7 Å². The van der Waals surface area contributed by atoms with Gasteiger partial charge in [-0.15, -0.1) is 6.58 Å². The summed E-state index contributed by atoms with van der Waals surface area (Å²) in [7, 11) is 0. The van der Waals surface area contributed by atoms with Gasteiger partial charge in [-0.1, -0.05) is 78.9 Å². The van der Waals surface area contributed by atoms with Gasteiger partial charge in [0.15, 0.2) is 6.10 Å². The van der Waals surface area contributed by atoms with Gasteiger partial charge in [-0.2, -0.15) is 13.2 Å². The summed E-state index contributed by atoms with van der Waals surface area (Å²) in [6, 6.07) is 21.7. The van der Waals surface area contributed by atoms with Crippen LogP contribution in [0.4, 0.5) is 13.2 Å². The molecule has 2 unspecified atom stereocenters. The summed E-state index contributed by atoms with van der Waals surface area (Å²) in [4.78, 5) is 61.8. The van der Waals surface area contributed by atoms with Crippen LogP contribution >= 0.6 is 0 Å². The summed E-state index contributed by atoms with van der Waals surface area (Å²) in [6.45, 7) is 3.97. The molecule has 49 heavy (non-hydrogen) atoms. The van der Waals surface area contributed by atoms with E-state index in [-0.39, 0.29) is 6.42 Å². The molecule has 5 amide bonds. The van der Waals surface area contributed by atoms with E-state index in [9.17, 15) is 42.3 Å². The number of carbonyl (C=O) groups is 5. The van der Waals surface area contributed by atoms with Crippen LogP contribution in [-0.4, -0.2) is 72.1 Å². The Morgan fingerprint density at radius 1 is 0.816 bits per heavy atom. The summed E-state index contributed by atoms with van der Waals surface area (Å²) >= 11 is 0. The minimum atomic E-state index is -5.09. The number of benzene rings is 3. The number of aliphatic hydroxyl groups excluding tert-OH is 1. The molecule has 0 heterocycles. The second-order valence-corrected chi connectivity index (χ2v) is 10.7. The summed E-state index contributed by atoms with van der Waals surface area (Å²) in [5.41, 5.74) is 7.80. The van der Waals surface area contributed by atoms with Crippen molar-refractivity contribution < 1.29 is 42.3 Å². The van der Waals surface area contributed by atoms with Crippen molar-refractivity contribution >= 4 is 29.5 Å². The lowest BCUT2D eigenvalue weighted by atomic mass is 10.0. The number of nitrogens with one attached hydrogen (secondary N) is 4. The van der Waals surface area contributed by atoms with E-state index in [1.807, 2.05) is 42.6 Å². The first kappa shape index (κ1) is 39.7. The molecule has 3 aromatic carbocycles. The van der Waals surface area contributed by atoms with E-state index in [1.165, 1.54) is 0 Å². The average molecular weight is 684 g/mol. The molecule has 262 valence electrons. The van der Waals surface area contributed by atoms with Gasteiger partial charge >= 0.3 is 6.18 Å². The molecular weight excluding hydrogens is 643 g/mol. The molecule has 0 fully saturated rings. The zero-order valence-electron chi connectivity index (χ0n) is 26.8. The van der Waals surface area contributed by atoms with Crippen LogP contribution in [0.15, 0.2) is 97.6 Å². The van der Waals surface area contributed by atoms with Gasteiger partial charge in [0.25, 0.3) is 5.91 Å². The Labute approximate surface area is 282 Å². The molecule has 0 aliphatic carbocycles. The fourth-order valence-corrected chi connectivity index (χ4v) is 4.39. The third kappa shape index (κ3) is 14.4. The summed E-state index contributed by atoms with van der Waals surface area (Å²) in [5.74, 6) is -4.09. The number of rotatable bonds is 15. The molecule has 0 spiro atoms. The van der Waals surface area contributed by atoms with Crippen LogP contribution in [0.2, 0.25) is 0 Å². The van der Waals surface area contributed by atoms with Crippen molar-refractivity contribution in [2.24, 2.45) is 5.73 Å². The average Bonchev–Trinajstić information content (AvgIpc) is 3.08. The lowest BCUT2D eigenvalue weighted by Gasteiger charge is -2.26. The molecule has 0 saturated heterocycles. The van der Waals surface area contributed by atoms with E-state index in [0.29, 0.717) is 11.1 Å². The number of halogens is 3. The number of aliphatic hydroxyl groups is 1. The summed E-state index contributed by atoms with van der Waals surface area (Å²) in [6.07, 6.45) is -7.46. The van der Waals surface area contributed by atoms with Gasteiger partial charge in [-0.3, -0.25) is 24.0 Å². The van der Waals surface area contributed by atoms with Gasteiger partial charge in [-0.05, 0) is 42.2 Å². The Bertz CT molecular complexity index is 1540. The van der Waals surface area contributed by atoms with E-state index < -0.39 is 79.8 Å². The monoisotopic (exact) mass is 683 g/mol. The topological polar surface area (TPSA) is 180 Å². The SMILES string of the molecule is C=CC.NC(=O)CCC(NC(=O)CNC(=O)[C@H](Cc1ccccc1)NC(=O)CNC(=O)c1ccc(-c2ccccc2)cc1)C(O)C(F)(F)F. The van der Waals surface area contributed by atoms with Crippen molar-refractivity contribution in [3.8, 4) is 11.1 Å². The van der Waals surface area contributed by atoms with Crippen LogP contribution in [0.25, 0.3) is 11.1 Å². The zero-order valence-corrected chi connectivity index (χ0v) is 26.8. The summed E-state index contributed by atoms with van der Waals surface area (Å²) in [5, 5.41) is 18.8. The molecule has 0 saturated carbocycles. The smallest absolute Gasteiger partial charge is 0.382 e. The molecule has 11 nitrogen and oxygen atoms in total. The van der Waals surface area contributed by atoms with Gasteiger partial charge < -0.3 is 32.1 Å². The van der Waals surface area contributed by atoms with Gasteiger partial charge in [-0.25, -0.2) is 0 Å². The third-order valence-corrected chi connectivity index (χ3v) is 6.79. The number of alkyl halides is 3. The Morgan fingerprint density at radius 3 is 1.88 bits per heavy atom. The predicted molar refractivity (Wildman–Crippen MR) is 178 cm³/mol. The summed E-state index contributed by atoms with van der Waals surface area (Å²) < 4.78 is 39.2. The molecular formula is C35H40F3N5O6. The number of primary amides is 1. The highest BCUT2D eigenvalue weighted by Gasteiger charge is 2.44. The van der Waals surface area contributed by atoms with Gasteiger partial charge in [0.05, 0.1) is 19.1 Å². The molecule has 0 aliphatic heterocycles. The second-order valence-electron chi connectivity index (χ2n) is 10.7. The van der Waals surface area contributed by atoms with Gasteiger partial charge in [0, 0.05) is 18.4 Å². The maximum absolute atomic E-state index is 13.1. The minimum absolute atomic E-state index is 0.0110. The maximum atomic E-state index is 13.1. The molecule has 14 heteroatoms. The van der Waals surface area contributed by atoms with E-state index >= 15 is 0 Å². The lowest BCUT2D eigenvalue weighted by molar-refractivity contribution is -0.212. The Morgan fingerprint density at radius 2 is 1.33 bits per heavy atom. The van der Waals surface area contributed by atoms with Crippen LogP contribution in [0.3, 0.4) is 0 Å². The van der Waals surface area contributed by atoms with Crippen molar-refractivity contribution in [2.45, 2.75) is 50.6 Å². The Hall–Kier alpha value is -5.50. The first-order valence-electron chi connectivity index (χ1n) is 15.2. The van der Waals surface area contributed by atoms with Crippen molar-refractivity contribution in [3.63, 3.8) is 0 Å². The van der Waals surface area contributed by atoms with E-state index in [0.717, 1.165) is 11.1 Å². The highest BCUT2D eigenvalue weighted by Crippen LogP contribution is 2.24.